The quantitative estimate of drug-likeness (QED) is 0.445. The van der Waals surface area contributed by atoms with Crippen LogP contribution >= 0.6 is 0 Å². The zero-order valence-electron chi connectivity index (χ0n) is 22.6. The first-order chi connectivity index (χ1) is 16.3. The molecular weight excluding hydrogens is 440 g/mol. The molecule has 0 heterocycles. The molecule has 5 aliphatic carbocycles. The molecule has 198 valence electrons. The first-order valence-electron chi connectivity index (χ1n) is 14.0. The van der Waals surface area contributed by atoms with Crippen molar-refractivity contribution < 1.29 is 25.2 Å². The van der Waals surface area contributed by atoms with Gasteiger partial charge in [0.2, 0.25) is 0 Å². The summed E-state index contributed by atoms with van der Waals surface area (Å²) in [6.45, 7) is 11.3. The Morgan fingerprint density at radius 2 is 1.57 bits per heavy atom. The second-order valence-corrected chi connectivity index (χ2v) is 14.6. The SMILES string of the molecule is C[C@]12CC[C@H](O)[C@@](C)(CO)[C@@H]1CC[C@]1(C)[C@@H]2CC=C2[C@@H]3CC(CO)(CO)CC(=O)[C@]3(C)CC[C@]21C. The molecule has 0 aromatic rings. The zero-order valence-corrected chi connectivity index (χ0v) is 22.6. The minimum Gasteiger partial charge on any atom is -0.396 e. The number of ketones is 1. The van der Waals surface area contributed by atoms with Crippen molar-refractivity contribution in [2.24, 2.45) is 50.2 Å². The molecule has 4 fully saturated rings. The maximum absolute atomic E-state index is 13.5. The summed E-state index contributed by atoms with van der Waals surface area (Å²) in [6, 6.07) is 0. The topological polar surface area (TPSA) is 98.0 Å². The molecular formula is C30H48O5. The minimum absolute atomic E-state index is 0.0309. The van der Waals surface area contributed by atoms with E-state index in [0.717, 1.165) is 44.9 Å². The van der Waals surface area contributed by atoms with Gasteiger partial charge >= 0.3 is 0 Å². The lowest BCUT2D eigenvalue weighted by Crippen LogP contribution is -2.66. The number of carbonyl (C=O) groups is 1. The Labute approximate surface area is 211 Å². The van der Waals surface area contributed by atoms with E-state index < -0.39 is 22.3 Å². The first-order valence-corrected chi connectivity index (χ1v) is 14.0. The van der Waals surface area contributed by atoms with Gasteiger partial charge in [-0.25, -0.2) is 0 Å². The average Bonchev–Trinajstić information content (AvgIpc) is 2.83. The van der Waals surface area contributed by atoms with Crippen molar-refractivity contribution in [1.82, 2.24) is 0 Å². The van der Waals surface area contributed by atoms with Crippen molar-refractivity contribution in [3.8, 4) is 0 Å². The summed E-state index contributed by atoms with van der Waals surface area (Å²) in [4.78, 5) is 13.5. The fourth-order valence-corrected chi connectivity index (χ4v) is 10.6. The molecule has 0 aromatic heterocycles. The summed E-state index contributed by atoms with van der Waals surface area (Å²) in [5.41, 5.74) is -0.0808. The fraction of sp³-hybridized carbons (Fsp3) is 0.900. The van der Waals surface area contributed by atoms with Gasteiger partial charge < -0.3 is 20.4 Å². The highest BCUT2D eigenvalue weighted by atomic mass is 16.3. The lowest BCUT2D eigenvalue weighted by atomic mass is 9.33. The summed E-state index contributed by atoms with van der Waals surface area (Å²) in [6.07, 6.45) is 9.62. The molecule has 5 nitrogen and oxygen atoms in total. The molecule has 9 atom stereocenters. The van der Waals surface area contributed by atoms with Crippen molar-refractivity contribution in [2.45, 2.75) is 98.5 Å². The van der Waals surface area contributed by atoms with Crippen LogP contribution in [0.25, 0.3) is 0 Å². The molecule has 0 bridgehead atoms. The Bertz CT molecular complexity index is 924. The third-order valence-electron chi connectivity index (χ3n) is 13.4. The summed E-state index contributed by atoms with van der Waals surface area (Å²) in [5, 5.41) is 41.8. The van der Waals surface area contributed by atoms with Crippen molar-refractivity contribution in [2.75, 3.05) is 19.8 Å². The predicted octanol–water partition coefficient (Wildman–Crippen LogP) is 4.27. The predicted molar refractivity (Wildman–Crippen MR) is 135 cm³/mol. The van der Waals surface area contributed by atoms with Crippen molar-refractivity contribution in [3.63, 3.8) is 0 Å². The first kappa shape index (κ1) is 25.9. The smallest absolute Gasteiger partial charge is 0.140 e. The average molecular weight is 489 g/mol. The van der Waals surface area contributed by atoms with Crippen LogP contribution in [0.2, 0.25) is 0 Å². The van der Waals surface area contributed by atoms with E-state index in [1.165, 1.54) is 5.57 Å². The van der Waals surface area contributed by atoms with E-state index in [-0.39, 0.29) is 54.2 Å². The van der Waals surface area contributed by atoms with E-state index in [1.807, 2.05) is 0 Å². The van der Waals surface area contributed by atoms with Crippen LogP contribution in [0.1, 0.15) is 92.4 Å². The molecule has 0 spiro atoms. The van der Waals surface area contributed by atoms with E-state index >= 15 is 0 Å². The Kier molecular flexibility index (Phi) is 5.83. The Morgan fingerprint density at radius 1 is 0.886 bits per heavy atom. The number of allylic oxidation sites excluding steroid dienone is 2. The van der Waals surface area contributed by atoms with E-state index in [9.17, 15) is 25.2 Å². The lowest BCUT2D eigenvalue weighted by Gasteiger charge is -2.71. The van der Waals surface area contributed by atoms with Gasteiger partial charge in [-0.1, -0.05) is 46.3 Å². The molecule has 4 N–H and O–H groups in total. The lowest BCUT2D eigenvalue weighted by molar-refractivity contribution is -0.215. The molecule has 0 radical (unpaired) electrons. The van der Waals surface area contributed by atoms with E-state index in [1.54, 1.807) is 0 Å². The molecule has 5 rings (SSSR count). The highest BCUT2D eigenvalue weighted by molar-refractivity contribution is 5.87. The van der Waals surface area contributed by atoms with Crippen LogP contribution in [-0.4, -0.2) is 52.1 Å². The maximum atomic E-state index is 13.5. The number of rotatable bonds is 3. The highest BCUT2D eigenvalue weighted by Gasteiger charge is 2.69. The largest absolute Gasteiger partial charge is 0.396 e. The fourth-order valence-electron chi connectivity index (χ4n) is 10.6. The van der Waals surface area contributed by atoms with Crippen LogP contribution in [0, 0.1) is 50.2 Å². The minimum atomic E-state index is -0.718. The standard InChI is InChI=1S/C30H48O5/c1-25-12-13-28(4)19(20(25)14-30(17-32,18-33)15-24(25)35)6-7-22-26(2)10-9-23(34)27(3,16-31)21(26)8-11-29(22,28)5/h6,20-23,31-34H,7-18H2,1-5H3/t20-,21+,22+,23-,25+,26-,27-,28+,29+/m0/s1. The second-order valence-electron chi connectivity index (χ2n) is 14.6. The molecule has 0 aliphatic heterocycles. The van der Waals surface area contributed by atoms with E-state index in [0.29, 0.717) is 18.3 Å². The Morgan fingerprint density at radius 3 is 2.20 bits per heavy atom. The van der Waals surface area contributed by atoms with Gasteiger partial charge in [0.25, 0.3) is 0 Å². The molecule has 5 heteroatoms. The normalized spacial score (nSPS) is 53.1. The maximum Gasteiger partial charge on any atom is 0.140 e. The van der Waals surface area contributed by atoms with Gasteiger partial charge in [0, 0.05) is 22.7 Å². The number of hydrogen-bond donors (Lipinski definition) is 4. The highest BCUT2D eigenvalue weighted by Crippen LogP contribution is 2.75. The van der Waals surface area contributed by atoms with Crippen LogP contribution in [0.5, 0.6) is 0 Å². The molecule has 0 unspecified atom stereocenters. The van der Waals surface area contributed by atoms with Crippen LogP contribution in [0.4, 0.5) is 0 Å². The molecule has 5 aliphatic rings. The molecule has 0 saturated heterocycles. The summed E-state index contributed by atoms with van der Waals surface area (Å²) in [5.74, 6) is 1.04. The van der Waals surface area contributed by atoms with Crippen molar-refractivity contribution in [1.29, 1.82) is 0 Å². The van der Waals surface area contributed by atoms with Gasteiger partial charge in [-0.3, -0.25) is 4.79 Å². The Hall–Kier alpha value is -0.750. The number of fused-ring (bicyclic) bond motifs is 7. The summed E-state index contributed by atoms with van der Waals surface area (Å²) in [7, 11) is 0. The van der Waals surface area contributed by atoms with Crippen LogP contribution < -0.4 is 0 Å². The number of carbonyl (C=O) groups excluding carboxylic acids is 1. The second kappa shape index (κ2) is 7.88. The van der Waals surface area contributed by atoms with Crippen LogP contribution in [-0.2, 0) is 4.79 Å². The van der Waals surface area contributed by atoms with Gasteiger partial charge in [0.15, 0.2) is 0 Å². The molecule has 0 amide bonds. The van der Waals surface area contributed by atoms with Crippen molar-refractivity contribution in [3.05, 3.63) is 11.6 Å². The number of Topliss-reactive ketones (excluding diaryl/α,β-unsaturated/α-hetero) is 1. The zero-order chi connectivity index (χ0) is 25.7. The van der Waals surface area contributed by atoms with E-state index in [2.05, 4.69) is 40.7 Å². The third kappa shape index (κ3) is 3.05. The number of aliphatic hydroxyl groups excluding tert-OH is 4. The van der Waals surface area contributed by atoms with Gasteiger partial charge in [-0.15, -0.1) is 0 Å². The van der Waals surface area contributed by atoms with E-state index in [4.69, 9.17) is 0 Å². The molecule has 0 aromatic carbocycles. The van der Waals surface area contributed by atoms with Crippen LogP contribution in [0.3, 0.4) is 0 Å². The third-order valence-corrected chi connectivity index (χ3v) is 13.4. The van der Waals surface area contributed by atoms with Gasteiger partial charge in [-0.2, -0.15) is 0 Å². The number of aliphatic hydroxyl groups is 4. The van der Waals surface area contributed by atoms with Crippen LogP contribution in [0.15, 0.2) is 11.6 Å². The monoisotopic (exact) mass is 488 g/mol. The van der Waals surface area contributed by atoms with Gasteiger partial charge in [0.05, 0.1) is 25.9 Å². The summed E-state index contributed by atoms with van der Waals surface area (Å²) < 4.78 is 0. The number of hydrogen-bond acceptors (Lipinski definition) is 5. The summed E-state index contributed by atoms with van der Waals surface area (Å²) >= 11 is 0. The molecule has 4 saturated carbocycles. The molecule has 35 heavy (non-hydrogen) atoms. The Balaban J connectivity index is 1.58. The van der Waals surface area contributed by atoms with Gasteiger partial charge in [0.1, 0.15) is 5.78 Å². The van der Waals surface area contributed by atoms with Gasteiger partial charge in [-0.05, 0) is 85.4 Å². The van der Waals surface area contributed by atoms with Crippen molar-refractivity contribution >= 4 is 5.78 Å².